The number of benzene rings is 1. The number of rotatable bonds is 1. The van der Waals surface area contributed by atoms with E-state index in [1.165, 1.54) is 4.90 Å². The maximum atomic E-state index is 11.6. The Morgan fingerprint density at radius 3 is 3.06 bits per heavy atom. The number of ether oxygens (including phenoxy) is 1. The lowest BCUT2D eigenvalue weighted by Crippen LogP contribution is -2.42. The van der Waals surface area contributed by atoms with Crippen molar-refractivity contribution >= 4 is 11.8 Å². The van der Waals surface area contributed by atoms with Crippen molar-refractivity contribution in [2.45, 2.75) is 6.92 Å². The van der Waals surface area contributed by atoms with Crippen LogP contribution in [0.1, 0.15) is 5.56 Å². The van der Waals surface area contributed by atoms with Crippen molar-refractivity contribution in [3.8, 4) is 6.07 Å². The number of carbonyl (C=O) groups is 1. The maximum Gasteiger partial charge on any atom is 0.414 e. The van der Waals surface area contributed by atoms with Crippen LogP contribution >= 0.6 is 0 Å². The van der Waals surface area contributed by atoms with Crippen LogP contribution in [0.4, 0.5) is 10.5 Å². The van der Waals surface area contributed by atoms with Crippen molar-refractivity contribution in [1.29, 1.82) is 5.26 Å². The molecule has 2 rings (SSSR count). The molecule has 1 aromatic carbocycles. The van der Waals surface area contributed by atoms with Crippen molar-refractivity contribution in [2.24, 2.45) is 5.92 Å². The number of hydrogen-bond acceptors (Lipinski definition) is 3. The first-order chi connectivity index (χ1) is 7.70. The molecule has 0 aliphatic carbocycles. The molecule has 0 bridgehead atoms. The summed E-state index contributed by atoms with van der Waals surface area (Å²) < 4.78 is 4.95. The van der Waals surface area contributed by atoms with Gasteiger partial charge in [0.15, 0.2) is 0 Å². The molecule has 0 saturated carbocycles. The molecular weight excluding hydrogens is 204 g/mol. The van der Waals surface area contributed by atoms with Crippen LogP contribution < -0.4 is 4.90 Å². The summed E-state index contributed by atoms with van der Waals surface area (Å²) in [5, 5.41) is 8.83. The van der Waals surface area contributed by atoms with Gasteiger partial charge in [0, 0.05) is 12.2 Å². The first-order valence-electron chi connectivity index (χ1n) is 5.11. The van der Waals surface area contributed by atoms with Crippen LogP contribution in [-0.2, 0) is 4.74 Å². The van der Waals surface area contributed by atoms with E-state index in [0.717, 1.165) is 11.3 Å². The zero-order valence-corrected chi connectivity index (χ0v) is 9.01. The molecule has 1 amide bonds. The Kier molecular flexibility index (Phi) is 2.78. The number of nitrogens with zero attached hydrogens (tertiary/aromatic N) is 2. The van der Waals surface area contributed by atoms with Gasteiger partial charge in [-0.15, -0.1) is 0 Å². The van der Waals surface area contributed by atoms with E-state index in [4.69, 9.17) is 10.00 Å². The monoisotopic (exact) mass is 216 g/mol. The molecule has 0 spiro atoms. The average Bonchev–Trinajstić information content (AvgIpc) is 2.30. The third-order valence-corrected chi connectivity index (χ3v) is 2.53. The lowest BCUT2D eigenvalue weighted by Gasteiger charge is -2.29. The number of anilines is 1. The topological polar surface area (TPSA) is 53.3 Å². The van der Waals surface area contributed by atoms with Crippen molar-refractivity contribution in [2.75, 3.05) is 18.1 Å². The minimum absolute atomic E-state index is 0.192. The number of amides is 1. The molecule has 1 fully saturated rings. The molecule has 1 aliphatic heterocycles. The number of cyclic esters (lactones) is 1. The SMILES string of the molecule is Cc1cccc(N2CC(C#N)COC2=O)c1. The molecule has 0 radical (unpaired) electrons. The second-order valence-electron chi connectivity index (χ2n) is 3.85. The first kappa shape index (κ1) is 10.5. The van der Waals surface area contributed by atoms with Crippen LogP contribution in [0.25, 0.3) is 0 Å². The summed E-state index contributed by atoms with van der Waals surface area (Å²) in [6.07, 6.45) is -0.378. The highest BCUT2D eigenvalue weighted by Crippen LogP contribution is 2.21. The molecule has 1 aliphatic rings. The van der Waals surface area contributed by atoms with E-state index < -0.39 is 0 Å². The normalized spacial score (nSPS) is 20.1. The summed E-state index contributed by atoms with van der Waals surface area (Å²) in [4.78, 5) is 13.1. The summed E-state index contributed by atoms with van der Waals surface area (Å²) in [5.74, 6) is -0.252. The Hall–Kier alpha value is -2.02. The largest absolute Gasteiger partial charge is 0.448 e. The van der Waals surface area contributed by atoms with Gasteiger partial charge in [0.25, 0.3) is 0 Å². The van der Waals surface area contributed by atoms with Gasteiger partial charge >= 0.3 is 6.09 Å². The van der Waals surface area contributed by atoms with Gasteiger partial charge in [-0.25, -0.2) is 4.79 Å². The van der Waals surface area contributed by atoms with E-state index in [-0.39, 0.29) is 18.6 Å². The van der Waals surface area contributed by atoms with E-state index >= 15 is 0 Å². The third kappa shape index (κ3) is 1.98. The molecule has 1 atom stereocenters. The third-order valence-electron chi connectivity index (χ3n) is 2.53. The Bertz CT molecular complexity index is 451. The Morgan fingerprint density at radius 2 is 2.38 bits per heavy atom. The summed E-state index contributed by atoms with van der Waals surface area (Å²) in [5.41, 5.74) is 1.86. The molecule has 1 unspecified atom stereocenters. The van der Waals surface area contributed by atoms with Crippen LogP contribution in [0.3, 0.4) is 0 Å². The van der Waals surface area contributed by atoms with Crippen molar-refractivity contribution in [1.82, 2.24) is 0 Å². The van der Waals surface area contributed by atoms with Gasteiger partial charge in [-0.2, -0.15) is 5.26 Å². The van der Waals surface area contributed by atoms with Crippen LogP contribution in [0.15, 0.2) is 24.3 Å². The number of aryl methyl sites for hydroxylation is 1. The fraction of sp³-hybridized carbons (Fsp3) is 0.333. The molecule has 1 heterocycles. The van der Waals surface area contributed by atoms with Crippen LogP contribution in [-0.4, -0.2) is 19.2 Å². The lowest BCUT2D eigenvalue weighted by atomic mass is 10.1. The van der Waals surface area contributed by atoms with E-state index in [2.05, 4.69) is 6.07 Å². The standard InChI is InChI=1S/C12H12N2O2/c1-9-3-2-4-11(5-9)14-7-10(6-13)8-16-12(14)15/h2-5,10H,7-8H2,1H3. The maximum absolute atomic E-state index is 11.6. The Balaban J connectivity index is 2.25. The predicted octanol–water partition coefficient (Wildman–Crippen LogP) is 2.09. The number of nitriles is 1. The van der Waals surface area contributed by atoms with Crippen molar-refractivity contribution in [3.63, 3.8) is 0 Å². The second-order valence-corrected chi connectivity index (χ2v) is 3.85. The second kappa shape index (κ2) is 4.23. The first-order valence-corrected chi connectivity index (χ1v) is 5.11. The number of hydrogen-bond donors (Lipinski definition) is 0. The molecule has 4 heteroatoms. The Labute approximate surface area is 94.0 Å². The average molecular weight is 216 g/mol. The van der Waals surface area contributed by atoms with Crippen molar-refractivity contribution in [3.05, 3.63) is 29.8 Å². The molecule has 4 nitrogen and oxygen atoms in total. The Morgan fingerprint density at radius 1 is 1.56 bits per heavy atom. The molecule has 16 heavy (non-hydrogen) atoms. The van der Waals surface area contributed by atoms with Gasteiger partial charge in [-0.05, 0) is 24.6 Å². The van der Waals surface area contributed by atoms with Crippen LogP contribution in [0.2, 0.25) is 0 Å². The highest BCUT2D eigenvalue weighted by molar-refractivity contribution is 5.88. The molecule has 0 N–H and O–H groups in total. The summed E-state index contributed by atoms with van der Waals surface area (Å²) in [6.45, 7) is 2.55. The summed E-state index contributed by atoms with van der Waals surface area (Å²) in [6, 6.07) is 9.71. The van der Waals surface area contributed by atoms with Gasteiger partial charge in [-0.3, -0.25) is 4.90 Å². The van der Waals surface area contributed by atoms with E-state index in [9.17, 15) is 4.79 Å². The van der Waals surface area contributed by atoms with Crippen LogP contribution in [0.5, 0.6) is 0 Å². The quantitative estimate of drug-likeness (QED) is 0.722. The molecule has 82 valence electrons. The fourth-order valence-electron chi connectivity index (χ4n) is 1.68. The van der Waals surface area contributed by atoms with Gasteiger partial charge in [-0.1, -0.05) is 12.1 Å². The number of carbonyl (C=O) groups excluding carboxylic acids is 1. The molecule has 1 saturated heterocycles. The van der Waals surface area contributed by atoms with E-state index in [1.54, 1.807) is 0 Å². The van der Waals surface area contributed by atoms with E-state index in [0.29, 0.717) is 6.54 Å². The fourth-order valence-corrected chi connectivity index (χ4v) is 1.68. The zero-order chi connectivity index (χ0) is 11.5. The van der Waals surface area contributed by atoms with Gasteiger partial charge in [0.05, 0.1) is 12.0 Å². The lowest BCUT2D eigenvalue weighted by molar-refractivity contribution is 0.127. The van der Waals surface area contributed by atoms with Gasteiger partial charge in [0.1, 0.15) is 6.61 Å². The molecule has 0 aromatic heterocycles. The van der Waals surface area contributed by atoms with Crippen molar-refractivity contribution < 1.29 is 9.53 Å². The predicted molar refractivity (Wildman–Crippen MR) is 59.0 cm³/mol. The minimum atomic E-state index is -0.378. The molecular formula is C12H12N2O2. The van der Waals surface area contributed by atoms with Crippen LogP contribution in [0, 0.1) is 24.2 Å². The van der Waals surface area contributed by atoms with E-state index in [1.807, 2.05) is 31.2 Å². The minimum Gasteiger partial charge on any atom is -0.448 e. The van der Waals surface area contributed by atoms with Gasteiger partial charge in [0.2, 0.25) is 0 Å². The zero-order valence-electron chi connectivity index (χ0n) is 9.01. The smallest absolute Gasteiger partial charge is 0.414 e. The summed E-state index contributed by atoms with van der Waals surface area (Å²) in [7, 11) is 0. The highest BCUT2D eigenvalue weighted by atomic mass is 16.6. The highest BCUT2D eigenvalue weighted by Gasteiger charge is 2.28. The van der Waals surface area contributed by atoms with Gasteiger partial charge < -0.3 is 4.74 Å². The summed E-state index contributed by atoms with van der Waals surface area (Å²) >= 11 is 0. The molecule has 1 aromatic rings.